The average Bonchev–Trinajstić information content (AvgIpc) is 2.27. The Kier molecular flexibility index (Phi) is 4.96. The second kappa shape index (κ2) is 6.01. The molecule has 1 unspecified atom stereocenters. The first-order valence-corrected chi connectivity index (χ1v) is 6.31. The maximum atomic E-state index is 11.2. The van der Waals surface area contributed by atoms with Crippen molar-refractivity contribution >= 4 is 7.82 Å². The van der Waals surface area contributed by atoms with E-state index >= 15 is 0 Å². The SMILES string of the molecule is CCOP(=O)(O)OCc1cccc(OC)c1. The minimum atomic E-state index is -3.92. The van der Waals surface area contributed by atoms with Crippen molar-refractivity contribution in [1.29, 1.82) is 0 Å². The molecule has 1 aromatic rings. The van der Waals surface area contributed by atoms with Crippen LogP contribution in [0.4, 0.5) is 0 Å². The summed E-state index contributed by atoms with van der Waals surface area (Å²) < 4.78 is 25.6. The Morgan fingerprint density at radius 1 is 1.38 bits per heavy atom. The van der Waals surface area contributed by atoms with E-state index < -0.39 is 7.82 Å². The van der Waals surface area contributed by atoms with Crippen LogP contribution in [0.1, 0.15) is 12.5 Å². The van der Waals surface area contributed by atoms with E-state index in [1.807, 2.05) is 0 Å². The van der Waals surface area contributed by atoms with Crippen LogP contribution in [0.3, 0.4) is 0 Å². The van der Waals surface area contributed by atoms with E-state index in [0.29, 0.717) is 5.75 Å². The molecule has 1 rings (SSSR count). The molecule has 0 bridgehead atoms. The minimum absolute atomic E-state index is 0.00494. The van der Waals surface area contributed by atoms with Crippen molar-refractivity contribution in [2.75, 3.05) is 13.7 Å². The van der Waals surface area contributed by atoms with Crippen molar-refractivity contribution < 1.29 is 23.2 Å². The van der Waals surface area contributed by atoms with E-state index in [0.717, 1.165) is 5.56 Å². The number of benzene rings is 1. The Hall–Kier alpha value is -0.870. The molecule has 16 heavy (non-hydrogen) atoms. The van der Waals surface area contributed by atoms with Gasteiger partial charge in [0.1, 0.15) is 5.75 Å². The summed E-state index contributed by atoms with van der Waals surface area (Å²) >= 11 is 0. The third-order valence-corrected chi connectivity index (χ3v) is 2.86. The van der Waals surface area contributed by atoms with Crippen LogP contribution in [-0.4, -0.2) is 18.6 Å². The molecule has 0 fully saturated rings. The maximum Gasteiger partial charge on any atom is 0.472 e. The number of ether oxygens (including phenoxy) is 1. The zero-order chi connectivity index (χ0) is 12.0. The van der Waals surface area contributed by atoms with Crippen LogP contribution >= 0.6 is 7.82 Å². The molecule has 1 N–H and O–H groups in total. The van der Waals surface area contributed by atoms with Gasteiger partial charge in [-0.2, -0.15) is 0 Å². The van der Waals surface area contributed by atoms with E-state index in [2.05, 4.69) is 4.52 Å². The highest BCUT2D eigenvalue weighted by atomic mass is 31.2. The van der Waals surface area contributed by atoms with E-state index in [1.165, 1.54) is 0 Å². The molecule has 0 heterocycles. The largest absolute Gasteiger partial charge is 0.497 e. The molecule has 0 aliphatic rings. The Labute approximate surface area is 94.6 Å². The van der Waals surface area contributed by atoms with Crippen molar-refractivity contribution in [2.45, 2.75) is 13.5 Å². The predicted octanol–water partition coefficient (Wildman–Crippen LogP) is 2.35. The van der Waals surface area contributed by atoms with Gasteiger partial charge in [-0.15, -0.1) is 0 Å². The second-order valence-electron chi connectivity index (χ2n) is 3.01. The van der Waals surface area contributed by atoms with Crippen LogP contribution in [0.15, 0.2) is 24.3 Å². The first-order chi connectivity index (χ1) is 7.57. The lowest BCUT2D eigenvalue weighted by molar-refractivity contribution is 0.149. The summed E-state index contributed by atoms with van der Waals surface area (Å²) in [7, 11) is -2.37. The molecular weight excluding hydrogens is 231 g/mol. The topological polar surface area (TPSA) is 65.0 Å². The fourth-order valence-electron chi connectivity index (χ4n) is 1.12. The molecule has 0 saturated heterocycles. The van der Waals surface area contributed by atoms with Gasteiger partial charge in [0.2, 0.25) is 0 Å². The van der Waals surface area contributed by atoms with Crippen molar-refractivity contribution in [3.63, 3.8) is 0 Å². The van der Waals surface area contributed by atoms with Crippen molar-refractivity contribution in [2.24, 2.45) is 0 Å². The number of phosphoric ester groups is 1. The van der Waals surface area contributed by atoms with Gasteiger partial charge >= 0.3 is 7.82 Å². The number of hydrogen-bond acceptors (Lipinski definition) is 4. The van der Waals surface area contributed by atoms with E-state index in [-0.39, 0.29) is 13.2 Å². The molecule has 0 aromatic heterocycles. The summed E-state index contributed by atoms with van der Waals surface area (Å²) in [6.45, 7) is 1.76. The van der Waals surface area contributed by atoms with Crippen molar-refractivity contribution in [1.82, 2.24) is 0 Å². The summed E-state index contributed by atoms with van der Waals surface area (Å²) in [5.41, 5.74) is 0.744. The first-order valence-electron chi connectivity index (χ1n) is 4.82. The highest BCUT2D eigenvalue weighted by Crippen LogP contribution is 2.43. The van der Waals surface area contributed by atoms with Gasteiger partial charge in [0.25, 0.3) is 0 Å². The van der Waals surface area contributed by atoms with Gasteiger partial charge in [-0.1, -0.05) is 12.1 Å². The van der Waals surface area contributed by atoms with Gasteiger partial charge in [-0.05, 0) is 24.6 Å². The predicted molar refractivity (Wildman–Crippen MR) is 59.2 cm³/mol. The van der Waals surface area contributed by atoms with E-state index in [9.17, 15) is 9.46 Å². The fraction of sp³-hybridized carbons (Fsp3) is 0.400. The zero-order valence-corrected chi connectivity index (χ0v) is 10.1. The van der Waals surface area contributed by atoms with Crippen LogP contribution in [0.2, 0.25) is 0 Å². The smallest absolute Gasteiger partial charge is 0.472 e. The van der Waals surface area contributed by atoms with Crippen LogP contribution in [0, 0.1) is 0 Å². The van der Waals surface area contributed by atoms with Gasteiger partial charge in [0.05, 0.1) is 20.3 Å². The van der Waals surface area contributed by atoms with Crippen molar-refractivity contribution in [3.8, 4) is 5.75 Å². The van der Waals surface area contributed by atoms with Crippen LogP contribution < -0.4 is 4.74 Å². The Bertz CT molecular complexity index is 379. The second-order valence-corrected chi connectivity index (χ2v) is 4.46. The number of phosphoric acid groups is 1. The minimum Gasteiger partial charge on any atom is -0.497 e. The standard InChI is InChI=1S/C10H15O5P/c1-3-14-16(11,12)15-8-9-5-4-6-10(7-9)13-2/h4-7H,3,8H2,1-2H3,(H,11,12). The first kappa shape index (κ1) is 13.2. The van der Waals surface area contributed by atoms with Crippen LogP contribution in [-0.2, 0) is 20.2 Å². The maximum absolute atomic E-state index is 11.2. The van der Waals surface area contributed by atoms with Gasteiger partial charge < -0.3 is 9.63 Å². The lowest BCUT2D eigenvalue weighted by Gasteiger charge is -2.11. The summed E-state index contributed by atoms with van der Waals surface area (Å²) in [6, 6.07) is 7.06. The van der Waals surface area contributed by atoms with Gasteiger partial charge in [-0.3, -0.25) is 9.05 Å². The molecule has 0 amide bonds. The number of hydrogen-bond donors (Lipinski definition) is 1. The lowest BCUT2D eigenvalue weighted by Crippen LogP contribution is -1.96. The Morgan fingerprint density at radius 3 is 2.75 bits per heavy atom. The third kappa shape index (κ3) is 4.33. The molecule has 6 heteroatoms. The highest BCUT2D eigenvalue weighted by Gasteiger charge is 2.19. The molecule has 1 aromatic carbocycles. The molecule has 0 aliphatic carbocycles. The molecule has 0 saturated carbocycles. The van der Waals surface area contributed by atoms with Crippen LogP contribution in [0.5, 0.6) is 5.75 Å². The van der Waals surface area contributed by atoms with E-state index in [4.69, 9.17) is 9.26 Å². The molecule has 0 spiro atoms. The summed E-state index contributed by atoms with van der Waals surface area (Å²) in [5, 5.41) is 0. The Balaban J connectivity index is 2.57. The van der Waals surface area contributed by atoms with Gasteiger partial charge in [0, 0.05) is 0 Å². The van der Waals surface area contributed by atoms with Crippen LogP contribution in [0.25, 0.3) is 0 Å². The molecule has 0 aliphatic heterocycles. The highest BCUT2D eigenvalue weighted by molar-refractivity contribution is 7.47. The lowest BCUT2D eigenvalue weighted by atomic mass is 10.2. The molecule has 5 nitrogen and oxygen atoms in total. The normalized spacial score (nSPS) is 14.4. The van der Waals surface area contributed by atoms with Gasteiger partial charge in [-0.25, -0.2) is 4.57 Å². The number of methoxy groups -OCH3 is 1. The molecule has 0 radical (unpaired) electrons. The average molecular weight is 246 g/mol. The Morgan fingerprint density at radius 2 is 2.12 bits per heavy atom. The summed E-state index contributed by atoms with van der Waals surface area (Å²) in [4.78, 5) is 9.18. The van der Waals surface area contributed by atoms with Gasteiger partial charge in [0.15, 0.2) is 0 Å². The fourth-order valence-corrected chi connectivity index (χ4v) is 1.83. The van der Waals surface area contributed by atoms with E-state index in [1.54, 1.807) is 38.3 Å². The summed E-state index contributed by atoms with van der Waals surface area (Å²) in [6.07, 6.45) is 0. The molecule has 90 valence electrons. The molecular formula is C10H15O5P. The molecule has 1 atom stereocenters. The zero-order valence-electron chi connectivity index (χ0n) is 9.25. The van der Waals surface area contributed by atoms with Crippen molar-refractivity contribution in [3.05, 3.63) is 29.8 Å². The summed E-state index contributed by atoms with van der Waals surface area (Å²) in [5.74, 6) is 0.672. The monoisotopic (exact) mass is 246 g/mol. The number of rotatable bonds is 6. The quantitative estimate of drug-likeness (QED) is 0.780. The third-order valence-electron chi connectivity index (χ3n) is 1.82.